The van der Waals surface area contributed by atoms with Gasteiger partial charge in [0.1, 0.15) is 0 Å². The lowest BCUT2D eigenvalue weighted by Crippen LogP contribution is -2.22. The molecule has 20 heavy (non-hydrogen) atoms. The van der Waals surface area contributed by atoms with Crippen LogP contribution >= 0.6 is 15.9 Å². The Bertz CT molecular complexity index is 652. The Hall–Kier alpha value is -2.28. The van der Waals surface area contributed by atoms with Gasteiger partial charge in [0.2, 0.25) is 0 Å². The van der Waals surface area contributed by atoms with Gasteiger partial charge in [0.25, 0.3) is 5.91 Å². The van der Waals surface area contributed by atoms with Crippen molar-refractivity contribution in [2.24, 2.45) is 10.9 Å². The number of nitrogens with one attached hydrogen (secondary N) is 1. The lowest BCUT2D eigenvalue weighted by Gasteiger charge is -2.05. The molecule has 0 atom stereocenters. The molecule has 6 nitrogen and oxygen atoms in total. The number of carbonyl (C=O) groups is 1. The molecule has 0 aliphatic heterocycles. The number of amidine groups is 1. The Labute approximate surface area is 123 Å². The van der Waals surface area contributed by atoms with Crippen LogP contribution in [0.5, 0.6) is 0 Å². The van der Waals surface area contributed by atoms with Crippen LogP contribution in [0, 0.1) is 0 Å². The summed E-state index contributed by atoms with van der Waals surface area (Å²) in [5.74, 6) is -0.0671. The molecule has 1 amide bonds. The Morgan fingerprint density at radius 2 is 2.20 bits per heavy atom. The molecule has 1 aromatic carbocycles. The standard InChI is InChI=1S/C13H12BrN3O3/c14-11-5-4-10(20-11)13(18)16-7-8-2-1-3-9(6-8)12(15)17-19/h1-6,19H,7H2,(H2,15,17)(H,16,18). The first-order valence-corrected chi connectivity index (χ1v) is 6.50. The maximum Gasteiger partial charge on any atom is 0.287 e. The highest BCUT2D eigenvalue weighted by Crippen LogP contribution is 2.14. The summed E-state index contributed by atoms with van der Waals surface area (Å²) in [6.07, 6.45) is 0. The zero-order valence-corrected chi connectivity index (χ0v) is 11.9. The van der Waals surface area contributed by atoms with Gasteiger partial charge in [-0.1, -0.05) is 23.4 Å². The number of benzene rings is 1. The zero-order chi connectivity index (χ0) is 14.5. The van der Waals surface area contributed by atoms with Gasteiger partial charge in [-0.2, -0.15) is 0 Å². The van der Waals surface area contributed by atoms with Crippen LogP contribution in [0.3, 0.4) is 0 Å². The summed E-state index contributed by atoms with van der Waals surface area (Å²) >= 11 is 3.13. The lowest BCUT2D eigenvalue weighted by atomic mass is 10.1. The van der Waals surface area contributed by atoms with Gasteiger partial charge in [-0.3, -0.25) is 4.79 Å². The molecule has 2 rings (SSSR count). The minimum Gasteiger partial charge on any atom is -0.444 e. The van der Waals surface area contributed by atoms with Crippen LogP contribution in [0.1, 0.15) is 21.7 Å². The second-order valence-corrected chi connectivity index (χ2v) is 4.75. The van der Waals surface area contributed by atoms with E-state index >= 15 is 0 Å². The summed E-state index contributed by atoms with van der Waals surface area (Å²) in [6.45, 7) is 0.309. The average Bonchev–Trinajstić information content (AvgIpc) is 2.91. The third-order valence-corrected chi connectivity index (χ3v) is 3.01. The molecule has 4 N–H and O–H groups in total. The Morgan fingerprint density at radius 1 is 1.40 bits per heavy atom. The highest BCUT2D eigenvalue weighted by Gasteiger charge is 2.10. The van der Waals surface area contributed by atoms with E-state index in [1.165, 1.54) is 0 Å². The summed E-state index contributed by atoms with van der Waals surface area (Å²) in [6, 6.07) is 10.3. The van der Waals surface area contributed by atoms with Gasteiger partial charge < -0.3 is 20.7 Å². The fraction of sp³-hybridized carbons (Fsp3) is 0.0769. The number of oxime groups is 1. The molecule has 1 aromatic heterocycles. The second kappa shape index (κ2) is 6.25. The topological polar surface area (TPSA) is 101 Å². The number of halogens is 1. The third kappa shape index (κ3) is 3.39. The number of carbonyl (C=O) groups excluding carboxylic acids is 1. The maximum atomic E-state index is 11.8. The van der Waals surface area contributed by atoms with Crippen molar-refractivity contribution < 1.29 is 14.4 Å². The van der Waals surface area contributed by atoms with E-state index in [0.29, 0.717) is 16.8 Å². The van der Waals surface area contributed by atoms with Crippen molar-refractivity contribution in [3.05, 3.63) is 58.0 Å². The molecule has 1 heterocycles. The third-order valence-electron chi connectivity index (χ3n) is 2.58. The quantitative estimate of drug-likeness (QED) is 0.344. The number of rotatable bonds is 4. The van der Waals surface area contributed by atoms with Crippen LogP contribution in [0.25, 0.3) is 0 Å². The van der Waals surface area contributed by atoms with E-state index in [1.807, 2.05) is 6.07 Å². The smallest absolute Gasteiger partial charge is 0.287 e. The van der Waals surface area contributed by atoms with Gasteiger partial charge in [-0.05, 0) is 39.7 Å². The number of nitrogens with two attached hydrogens (primary N) is 1. The van der Waals surface area contributed by atoms with Crippen molar-refractivity contribution in [3.8, 4) is 0 Å². The average molecular weight is 338 g/mol. The predicted octanol–water partition coefficient (Wildman–Crippen LogP) is 2.07. The highest BCUT2D eigenvalue weighted by molar-refractivity contribution is 9.10. The zero-order valence-electron chi connectivity index (χ0n) is 10.3. The number of nitrogens with zero attached hydrogens (tertiary/aromatic N) is 1. The molecule has 0 unspecified atom stereocenters. The van der Waals surface area contributed by atoms with Crippen molar-refractivity contribution >= 4 is 27.7 Å². The molecule has 0 spiro atoms. The number of hydrogen-bond donors (Lipinski definition) is 3. The monoisotopic (exact) mass is 337 g/mol. The molecule has 0 saturated heterocycles. The minimum atomic E-state index is -0.315. The number of hydrogen-bond acceptors (Lipinski definition) is 4. The molecule has 0 bridgehead atoms. The molecule has 2 aromatic rings. The van der Waals surface area contributed by atoms with E-state index in [0.717, 1.165) is 5.56 Å². The summed E-state index contributed by atoms with van der Waals surface area (Å²) in [7, 11) is 0. The molecule has 0 aliphatic carbocycles. The van der Waals surface area contributed by atoms with Crippen molar-refractivity contribution in [1.29, 1.82) is 0 Å². The molecule has 0 radical (unpaired) electrons. The van der Waals surface area contributed by atoms with Gasteiger partial charge in [0.15, 0.2) is 16.3 Å². The van der Waals surface area contributed by atoms with Crippen molar-refractivity contribution in [1.82, 2.24) is 5.32 Å². The van der Waals surface area contributed by atoms with E-state index < -0.39 is 0 Å². The van der Waals surface area contributed by atoms with Gasteiger partial charge in [-0.15, -0.1) is 0 Å². The maximum absolute atomic E-state index is 11.8. The Kier molecular flexibility index (Phi) is 4.41. The van der Waals surface area contributed by atoms with Gasteiger partial charge in [-0.25, -0.2) is 0 Å². The van der Waals surface area contributed by atoms with Crippen molar-refractivity contribution in [2.45, 2.75) is 6.54 Å². The first-order chi connectivity index (χ1) is 9.60. The summed E-state index contributed by atoms with van der Waals surface area (Å²) in [5, 5.41) is 14.3. The van der Waals surface area contributed by atoms with E-state index in [-0.39, 0.29) is 17.5 Å². The van der Waals surface area contributed by atoms with E-state index in [9.17, 15) is 4.79 Å². The fourth-order valence-electron chi connectivity index (χ4n) is 1.60. The summed E-state index contributed by atoms with van der Waals surface area (Å²) in [5.41, 5.74) is 6.92. The van der Waals surface area contributed by atoms with E-state index in [1.54, 1.807) is 30.3 Å². The van der Waals surface area contributed by atoms with Crippen LogP contribution in [0.4, 0.5) is 0 Å². The fourth-order valence-corrected chi connectivity index (χ4v) is 1.91. The molecule has 7 heteroatoms. The molecule has 0 fully saturated rings. The largest absolute Gasteiger partial charge is 0.444 e. The van der Waals surface area contributed by atoms with Crippen LogP contribution in [0.15, 0.2) is 50.6 Å². The highest BCUT2D eigenvalue weighted by atomic mass is 79.9. The summed E-state index contributed by atoms with van der Waals surface area (Å²) in [4.78, 5) is 11.8. The molecular weight excluding hydrogens is 326 g/mol. The van der Waals surface area contributed by atoms with Crippen LogP contribution in [-0.2, 0) is 6.54 Å². The Morgan fingerprint density at radius 3 is 2.85 bits per heavy atom. The van der Waals surface area contributed by atoms with E-state index in [4.69, 9.17) is 15.4 Å². The lowest BCUT2D eigenvalue weighted by molar-refractivity contribution is 0.0922. The van der Waals surface area contributed by atoms with Gasteiger partial charge in [0.05, 0.1) is 0 Å². The minimum absolute atomic E-state index is 0.0214. The van der Waals surface area contributed by atoms with Crippen molar-refractivity contribution in [3.63, 3.8) is 0 Å². The number of amides is 1. The van der Waals surface area contributed by atoms with Crippen LogP contribution < -0.4 is 11.1 Å². The molecule has 0 aliphatic rings. The molecular formula is C13H12BrN3O3. The second-order valence-electron chi connectivity index (χ2n) is 3.97. The normalized spacial score (nSPS) is 11.3. The predicted molar refractivity (Wildman–Crippen MR) is 76.5 cm³/mol. The van der Waals surface area contributed by atoms with Gasteiger partial charge >= 0.3 is 0 Å². The first kappa shape index (κ1) is 14.1. The van der Waals surface area contributed by atoms with Crippen LogP contribution in [-0.4, -0.2) is 17.0 Å². The van der Waals surface area contributed by atoms with Crippen LogP contribution in [0.2, 0.25) is 0 Å². The Balaban J connectivity index is 2.02. The van der Waals surface area contributed by atoms with E-state index in [2.05, 4.69) is 26.4 Å². The van der Waals surface area contributed by atoms with Crippen molar-refractivity contribution in [2.75, 3.05) is 0 Å². The SMILES string of the molecule is NC(=NO)c1cccc(CNC(=O)c2ccc(Br)o2)c1. The first-order valence-electron chi connectivity index (χ1n) is 5.70. The summed E-state index contributed by atoms with van der Waals surface area (Å²) < 4.78 is 5.64. The van der Waals surface area contributed by atoms with Gasteiger partial charge in [0, 0.05) is 12.1 Å². The molecule has 0 saturated carbocycles. The number of furan rings is 1. The molecule has 104 valence electrons.